The Labute approximate surface area is 241 Å². The second-order valence-corrected chi connectivity index (χ2v) is 10.9. The van der Waals surface area contributed by atoms with Crippen LogP contribution in [0.3, 0.4) is 0 Å². The van der Waals surface area contributed by atoms with Crippen LogP contribution in [0.1, 0.15) is 51.7 Å². The number of unbranched alkanes of at least 4 members (excludes halogenated alkanes) is 1. The highest BCUT2D eigenvalue weighted by Crippen LogP contribution is 2.45. The van der Waals surface area contributed by atoms with Gasteiger partial charge in [-0.05, 0) is 45.7 Å². The minimum Gasteiger partial charge on any atom is -0.487 e. The number of anilines is 2. The number of rotatable bonds is 11. The number of alkyl halides is 3. The molecule has 9 nitrogen and oxygen atoms in total. The van der Waals surface area contributed by atoms with Gasteiger partial charge in [0.25, 0.3) is 0 Å². The molecule has 0 unspecified atom stereocenters. The van der Waals surface area contributed by atoms with Crippen molar-refractivity contribution >= 4 is 29.3 Å². The molecule has 0 aliphatic carbocycles. The summed E-state index contributed by atoms with van der Waals surface area (Å²) in [5.74, 6) is -5.55. The fourth-order valence-corrected chi connectivity index (χ4v) is 4.57. The Morgan fingerprint density at radius 3 is 2.38 bits per heavy atom. The highest BCUT2D eigenvalue weighted by Gasteiger charge is 2.47. The average molecular weight is 598 g/mol. The number of carbonyl (C=O) groups is 3. The van der Waals surface area contributed by atoms with Gasteiger partial charge in [0.2, 0.25) is 0 Å². The highest BCUT2D eigenvalue weighted by molar-refractivity contribution is 6.03. The van der Waals surface area contributed by atoms with Crippen molar-refractivity contribution in [1.82, 2.24) is 5.32 Å². The van der Waals surface area contributed by atoms with E-state index < -0.39 is 59.6 Å². The Bertz CT molecular complexity index is 1280. The zero-order valence-electron chi connectivity index (χ0n) is 23.9. The summed E-state index contributed by atoms with van der Waals surface area (Å²) in [7, 11) is 0. The van der Waals surface area contributed by atoms with Gasteiger partial charge >= 0.3 is 24.1 Å². The number of halogens is 4. The molecule has 2 amide bonds. The van der Waals surface area contributed by atoms with E-state index in [1.165, 1.54) is 20.8 Å². The molecule has 1 heterocycles. The second-order valence-electron chi connectivity index (χ2n) is 10.9. The van der Waals surface area contributed by atoms with E-state index in [0.29, 0.717) is 12.1 Å². The van der Waals surface area contributed by atoms with E-state index in [0.717, 1.165) is 23.8 Å². The maximum absolute atomic E-state index is 16.4. The van der Waals surface area contributed by atoms with Crippen LogP contribution in [0.25, 0.3) is 0 Å². The van der Waals surface area contributed by atoms with E-state index in [4.69, 9.17) is 9.47 Å². The Balaban J connectivity index is 2.15. The monoisotopic (exact) mass is 597 g/mol. The first-order valence-corrected chi connectivity index (χ1v) is 13.5. The molecule has 0 saturated carbocycles. The van der Waals surface area contributed by atoms with Gasteiger partial charge in [0, 0.05) is 18.2 Å². The molecule has 1 aliphatic heterocycles. The van der Waals surface area contributed by atoms with E-state index in [1.54, 1.807) is 30.3 Å². The quantitative estimate of drug-likeness (QED) is 0.202. The van der Waals surface area contributed by atoms with Gasteiger partial charge in [0.15, 0.2) is 5.82 Å². The van der Waals surface area contributed by atoms with E-state index in [1.807, 2.05) is 6.92 Å². The van der Waals surface area contributed by atoms with E-state index in [2.05, 4.69) is 5.32 Å². The maximum atomic E-state index is 16.4. The van der Waals surface area contributed by atoms with E-state index in [9.17, 15) is 32.7 Å². The van der Waals surface area contributed by atoms with Crippen molar-refractivity contribution in [1.29, 1.82) is 0 Å². The molecule has 42 heavy (non-hydrogen) atoms. The van der Waals surface area contributed by atoms with Crippen molar-refractivity contribution in [2.75, 3.05) is 29.4 Å². The van der Waals surface area contributed by atoms with Crippen LogP contribution in [0.4, 0.5) is 33.7 Å². The number of carboxylic acid groups (broad SMARTS) is 1. The first-order chi connectivity index (χ1) is 19.6. The Kier molecular flexibility index (Phi) is 10.4. The number of hydrogen-bond acceptors (Lipinski definition) is 6. The normalized spacial score (nSPS) is 14.9. The topological polar surface area (TPSA) is 108 Å². The number of amides is 2. The van der Waals surface area contributed by atoms with Crippen LogP contribution in [0.15, 0.2) is 36.4 Å². The average Bonchev–Trinajstić information content (AvgIpc) is 3.26. The number of esters is 1. The van der Waals surface area contributed by atoms with Gasteiger partial charge < -0.3 is 19.9 Å². The smallest absolute Gasteiger partial charge is 0.471 e. The fraction of sp³-hybridized carbons (Fsp3) is 0.483. The molecule has 0 aromatic heterocycles. The molecule has 0 radical (unpaired) electrons. The number of carbonyl (C=O) groups excluding carboxylic acids is 2. The standard InChI is InChI=1S/C29H35F4N3O6/c1-5-6-12-34-15-19-13-20-21(36(19)27(39)40)14-22(41-17-18-10-8-7-9-11-18)25(24(20)30)35(26(38)29(31,32)33)16-23(37)42-28(2,3)4/h7-11,14,19,34H,5-6,12-13,15-17H2,1-4H3,(H,39,40)/t19-/m1/s1. The predicted molar refractivity (Wildman–Crippen MR) is 147 cm³/mol. The van der Waals surface area contributed by atoms with Crippen LogP contribution in [0.2, 0.25) is 0 Å². The molecule has 3 rings (SSSR count). The summed E-state index contributed by atoms with van der Waals surface area (Å²) in [6.07, 6.45) is -5.35. The summed E-state index contributed by atoms with van der Waals surface area (Å²) in [6, 6.07) is 8.74. The molecule has 2 aromatic rings. The third-order valence-corrected chi connectivity index (χ3v) is 6.34. The molecule has 0 bridgehead atoms. The summed E-state index contributed by atoms with van der Waals surface area (Å²) in [4.78, 5) is 38.4. The van der Waals surface area contributed by atoms with Crippen LogP contribution < -0.4 is 19.9 Å². The van der Waals surface area contributed by atoms with Crippen LogP contribution in [-0.4, -0.2) is 60.5 Å². The van der Waals surface area contributed by atoms with E-state index in [-0.39, 0.29) is 35.7 Å². The van der Waals surface area contributed by atoms with Crippen molar-refractivity contribution in [2.24, 2.45) is 0 Å². The summed E-state index contributed by atoms with van der Waals surface area (Å²) >= 11 is 0. The van der Waals surface area contributed by atoms with Gasteiger partial charge in [0.05, 0.1) is 11.7 Å². The zero-order valence-corrected chi connectivity index (χ0v) is 23.9. The number of hydrogen-bond donors (Lipinski definition) is 2. The highest BCUT2D eigenvalue weighted by atomic mass is 19.4. The summed E-state index contributed by atoms with van der Waals surface area (Å²) < 4.78 is 68.6. The molecule has 2 aromatic carbocycles. The second kappa shape index (κ2) is 13.4. The number of benzene rings is 2. The van der Waals surface area contributed by atoms with E-state index >= 15 is 4.39 Å². The van der Waals surface area contributed by atoms with Gasteiger partial charge in [-0.15, -0.1) is 0 Å². The molecular weight excluding hydrogens is 562 g/mol. The maximum Gasteiger partial charge on any atom is 0.471 e. The van der Waals surface area contributed by atoms with Gasteiger partial charge in [-0.1, -0.05) is 43.7 Å². The molecule has 13 heteroatoms. The van der Waals surface area contributed by atoms with Gasteiger partial charge in [-0.25, -0.2) is 9.18 Å². The van der Waals surface area contributed by atoms with Crippen molar-refractivity contribution in [3.8, 4) is 5.75 Å². The van der Waals surface area contributed by atoms with Crippen LogP contribution in [-0.2, 0) is 27.4 Å². The number of ether oxygens (including phenoxy) is 2. The lowest BCUT2D eigenvalue weighted by Crippen LogP contribution is -2.46. The minimum absolute atomic E-state index is 0.0536. The molecule has 0 saturated heterocycles. The Hall–Kier alpha value is -3.87. The molecule has 0 spiro atoms. The third kappa shape index (κ3) is 8.11. The van der Waals surface area contributed by atoms with Crippen molar-refractivity contribution in [3.05, 3.63) is 53.3 Å². The molecule has 230 valence electrons. The molecule has 0 fully saturated rings. The lowest BCUT2D eigenvalue weighted by atomic mass is 10.1. The van der Waals surface area contributed by atoms with Crippen LogP contribution in [0.5, 0.6) is 5.75 Å². The van der Waals surface area contributed by atoms with Crippen molar-refractivity contribution in [2.45, 2.75) is 71.4 Å². The molecular formula is C29H35F4N3O6. The lowest BCUT2D eigenvalue weighted by Gasteiger charge is -2.28. The van der Waals surface area contributed by atoms with Gasteiger partial charge in [-0.3, -0.25) is 19.4 Å². The molecule has 1 aliphatic rings. The Morgan fingerprint density at radius 1 is 1.14 bits per heavy atom. The summed E-state index contributed by atoms with van der Waals surface area (Å²) in [5, 5.41) is 13.1. The van der Waals surface area contributed by atoms with Crippen molar-refractivity contribution in [3.63, 3.8) is 0 Å². The zero-order chi connectivity index (χ0) is 31.2. The van der Waals surface area contributed by atoms with Gasteiger partial charge in [0.1, 0.15) is 30.2 Å². The first-order valence-electron chi connectivity index (χ1n) is 13.5. The van der Waals surface area contributed by atoms with Gasteiger partial charge in [-0.2, -0.15) is 13.2 Å². The summed E-state index contributed by atoms with van der Waals surface area (Å²) in [6.45, 7) is 5.66. The number of nitrogens with one attached hydrogen (secondary N) is 1. The predicted octanol–water partition coefficient (Wildman–Crippen LogP) is 5.44. The number of fused-ring (bicyclic) bond motifs is 1. The molecule has 2 N–H and O–H groups in total. The molecule has 1 atom stereocenters. The van der Waals surface area contributed by atoms with Crippen LogP contribution >= 0.6 is 0 Å². The van der Waals surface area contributed by atoms with Crippen molar-refractivity contribution < 1.29 is 46.5 Å². The summed E-state index contributed by atoms with van der Waals surface area (Å²) in [5.41, 5.74) is -1.80. The lowest BCUT2D eigenvalue weighted by molar-refractivity contribution is -0.171. The minimum atomic E-state index is -5.48. The number of nitrogens with zero attached hydrogens (tertiary/aromatic N) is 2. The largest absolute Gasteiger partial charge is 0.487 e. The van der Waals surface area contributed by atoms with Crippen LogP contribution in [0, 0.1) is 5.82 Å². The first kappa shape index (κ1) is 32.6. The fourth-order valence-electron chi connectivity index (χ4n) is 4.57. The SMILES string of the molecule is CCCCNC[C@H]1Cc2c(cc(OCc3ccccc3)c(N(CC(=O)OC(C)(C)C)C(=O)C(F)(F)F)c2F)N1C(=O)O. The third-order valence-electron chi connectivity index (χ3n) is 6.34. The Morgan fingerprint density at radius 2 is 1.81 bits per heavy atom.